The molecule has 1 aliphatic heterocycles. The highest BCUT2D eigenvalue weighted by Crippen LogP contribution is 2.43. The zero-order chi connectivity index (χ0) is 13.4. The average Bonchev–Trinajstić information content (AvgIpc) is 2.52. The molecule has 1 aliphatic rings. The molecule has 1 rings (SSSR count). The van der Waals surface area contributed by atoms with E-state index in [1.807, 2.05) is 0 Å². The smallest absolute Gasteiger partial charge is 0.207 e. The molecule has 1 heterocycles. The molecular formula is C15H34N2Si. The lowest BCUT2D eigenvalue weighted by Crippen LogP contribution is -2.67. The summed E-state index contributed by atoms with van der Waals surface area (Å²) in [4.78, 5) is 8.01. The summed E-state index contributed by atoms with van der Waals surface area (Å²) in [5, 5.41) is 0. The lowest BCUT2D eigenvalue weighted by atomic mass is 10.1. The van der Waals surface area contributed by atoms with Crippen molar-refractivity contribution in [1.29, 1.82) is 0 Å². The quantitative estimate of drug-likeness (QED) is 0.678. The van der Waals surface area contributed by atoms with Gasteiger partial charge in [-0.05, 0) is 24.2 Å². The maximum Gasteiger partial charge on any atom is 0.207 e. The molecule has 0 radical (unpaired) electrons. The maximum atomic E-state index is 4.00. The zero-order valence-corrected chi connectivity index (χ0v) is 14.0. The molecule has 1 fully saturated rings. The largest absolute Gasteiger partial charge is 0.325 e. The van der Waals surface area contributed by atoms with Crippen molar-refractivity contribution in [2.75, 3.05) is 13.1 Å². The van der Waals surface area contributed by atoms with Gasteiger partial charge >= 0.3 is 0 Å². The normalized spacial score (nSPS) is 28.0. The Morgan fingerprint density at radius 1 is 0.889 bits per heavy atom. The van der Waals surface area contributed by atoms with Crippen molar-refractivity contribution < 1.29 is 0 Å². The van der Waals surface area contributed by atoms with Gasteiger partial charge in [0.05, 0.1) is 0 Å². The van der Waals surface area contributed by atoms with Gasteiger partial charge in [0.1, 0.15) is 0 Å². The van der Waals surface area contributed by atoms with Crippen LogP contribution < -0.4 is 9.96 Å². The number of rotatable bonds is 7. The molecule has 2 unspecified atom stereocenters. The summed E-state index contributed by atoms with van der Waals surface area (Å²) in [5.74, 6) is 0. The van der Waals surface area contributed by atoms with Crippen LogP contribution in [-0.2, 0) is 0 Å². The molecule has 0 saturated carbocycles. The molecule has 2 nitrogen and oxygen atoms in total. The minimum Gasteiger partial charge on any atom is -0.325 e. The Labute approximate surface area is 115 Å². The van der Waals surface area contributed by atoms with Crippen LogP contribution in [0.3, 0.4) is 0 Å². The SMILES string of the molecule is CCCC1CCCCC(CC)[Si]1(NCC)NCC. The highest BCUT2D eigenvalue weighted by Gasteiger charge is 2.46. The fourth-order valence-electron chi connectivity index (χ4n) is 4.04. The van der Waals surface area contributed by atoms with E-state index in [0.29, 0.717) is 0 Å². The standard InChI is InChI=1S/C15H34N2Si/c1-5-11-15-13-10-9-12-14(6-2)18(15,16-7-3)17-8-4/h14-17H,5-13H2,1-4H3. The number of hydrogen-bond donors (Lipinski definition) is 2. The molecular weight excluding hydrogens is 236 g/mol. The molecule has 0 amide bonds. The predicted molar refractivity (Wildman–Crippen MR) is 84.3 cm³/mol. The summed E-state index contributed by atoms with van der Waals surface area (Å²) >= 11 is 0. The van der Waals surface area contributed by atoms with Crippen LogP contribution in [0.4, 0.5) is 0 Å². The molecule has 2 atom stereocenters. The summed E-state index contributed by atoms with van der Waals surface area (Å²) in [7, 11) is -1.51. The van der Waals surface area contributed by atoms with E-state index in [4.69, 9.17) is 0 Å². The van der Waals surface area contributed by atoms with Gasteiger partial charge in [-0.25, -0.2) is 0 Å². The third-order valence-corrected chi connectivity index (χ3v) is 10.4. The van der Waals surface area contributed by atoms with Crippen LogP contribution in [0, 0.1) is 0 Å². The Morgan fingerprint density at radius 3 is 1.89 bits per heavy atom. The molecule has 0 aromatic carbocycles. The van der Waals surface area contributed by atoms with Crippen LogP contribution in [0.15, 0.2) is 0 Å². The van der Waals surface area contributed by atoms with Crippen molar-refractivity contribution in [3.05, 3.63) is 0 Å². The molecule has 0 aliphatic carbocycles. The number of hydrogen-bond acceptors (Lipinski definition) is 2. The number of nitrogens with one attached hydrogen (secondary N) is 2. The van der Waals surface area contributed by atoms with Crippen LogP contribution in [-0.4, -0.2) is 21.5 Å². The van der Waals surface area contributed by atoms with E-state index in [0.717, 1.165) is 24.2 Å². The van der Waals surface area contributed by atoms with Gasteiger partial charge < -0.3 is 9.96 Å². The maximum absolute atomic E-state index is 4.00. The summed E-state index contributed by atoms with van der Waals surface area (Å²) in [6.07, 6.45) is 9.91. The molecule has 3 heteroatoms. The molecule has 1 saturated heterocycles. The van der Waals surface area contributed by atoms with Gasteiger partial charge in [-0.2, -0.15) is 0 Å². The van der Waals surface area contributed by atoms with Crippen molar-refractivity contribution in [3.63, 3.8) is 0 Å². The monoisotopic (exact) mass is 270 g/mol. The first-order valence-corrected chi connectivity index (χ1v) is 10.4. The second kappa shape index (κ2) is 8.34. The topological polar surface area (TPSA) is 24.1 Å². The Hall–Kier alpha value is 0.137. The molecule has 108 valence electrons. The van der Waals surface area contributed by atoms with Crippen molar-refractivity contribution in [2.45, 2.75) is 83.7 Å². The van der Waals surface area contributed by atoms with Gasteiger partial charge in [0.15, 0.2) is 0 Å². The van der Waals surface area contributed by atoms with E-state index < -0.39 is 8.40 Å². The van der Waals surface area contributed by atoms with E-state index in [1.165, 1.54) is 44.9 Å². The van der Waals surface area contributed by atoms with Crippen LogP contribution in [0.1, 0.15) is 72.6 Å². The molecule has 0 aromatic rings. The first-order valence-electron chi connectivity index (χ1n) is 8.25. The van der Waals surface area contributed by atoms with E-state index >= 15 is 0 Å². The Kier molecular flexibility index (Phi) is 7.50. The molecule has 2 N–H and O–H groups in total. The van der Waals surface area contributed by atoms with E-state index in [2.05, 4.69) is 37.7 Å². The van der Waals surface area contributed by atoms with Crippen LogP contribution in [0.25, 0.3) is 0 Å². The molecule has 0 aromatic heterocycles. The summed E-state index contributed by atoms with van der Waals surface area (Å²) < 4.78 is 0. The fraction of sp³-hybridized carbons (Fsp3) is 1.00. The van der Waals surface area contributed by atoms with Gasteiger partial charge in [0.2, 0.25) is 8.40 Å². The second-order valence-electron chi connectivity index (χ2n) is 5.80. The minimum atomic E-state index is -1.51. The molecule has 0 spiro atoms. The van der Waals surface area contributed by atoms with Crippen LogP contribution in [0.5, 0.6) is 0 Å². The van der Waals surface area contributed by atoms with Gasteiger partial charge in [-0.15, -0.1) is 0 Å². The first-order chi connectivity index (χ1) is 8.75. The minimum absolute atomic E-state index is 0.927. The van der Waals surface area contributed by atoms with E-state index in [-0.39, 0.29) is 0 Å². The van der Waals surface area contributed by atoms with Crippen molar-refractivity contribution >= 4 is 8.40 Å². The predicted octanol–water partition coefficient (Wildman–Crippen LogP) is 4.17. The Bertz CT molecular complexity index is 215. The third kappa shape index (κ3) is 3.58. The van der Waals surface area contributed by atoms with Gasteiger partial charge in [-0.3, -0.25) is 0 Å². The van der Waals surface area contributed by atoms with E-state index in [1.54, 1.807) is 0 Å². The van der Waals surface area contributed by atoms with Crippen LogP contribution in [0.2, 0.25) is 11.1 Å². The second-order valence-corrected chi connectivity index (χ2v) is 9.88. The van der Waals surface area contributed by atoms with Crippen molar-refractivity contribution in [2.24, 2.45) is 0 Å². The molecule has 0 bridgehead atoms. The zero-order valence-electron chi connectivity index (χ0n) is 13.0. The molecule has 18 heavy (non-hydrogen) atoms. The first kappa shape index (κ1) is 16.2. The highest BCUT2D eigenvalue weighted by molar-refractivity contribution is 6.78. The summed E-state index contributed by atoms with van der Waals surface area (Å²) in [5.41, 5.74) is 1.87. The summed E-state index contributed by atoms with van der Waals surface area (Å²) in [6, 6.07) is 0. The van der Waals surface area contributed by atoms with Crippen LogP contribution >= 0.6 is 0 Å². The third-order valence-electron chi connectivity index (χ3n) is 4.71. The van der Waals surface area contributed by atoms with Crippen molar-refractivity contribution in [1.82, 2.24) is 9.96 Å². The average molecular weight is 271 g/mol. The fourth-order valence-corrected chi connectivity index (χ4v) is 9.86. The van der Waals surface area contributed by atoms with Gasteiger partial charge in [0.25, 0.3) is 0 Å². The highest BCUT2D eigenvalue weighted by atomic mass is 28.3. The lowest BCUT2D eigenvalue weighted by Gasteiger charge is -2.44. The Balaban J connectivity index is 2.99. The summed E-state index contributed by atoms with van der Waals surface area (Å²) in [6.45, 7) is 11.6. The lowest BCUT2D eigenvalue weighted by molar-refractivity contribution is 0.593. The van der Waals surface area contributed by atoms with Gasteiger partial charge in [0, 0.05) is 0 Å². The van der Waals surface area contributed by atoms with Gasteiger partial charge in [-0.1, -0.05) is 72.6 Å². The Morgan fingerprint density at radius 2 is 1.44 bits per heavy atom. The van der Waals surface area contributed by atoms with E-state index in [9.17, 15) is 0 Å². The van der Waals surface area contributed by atoms with Crippen molar-refractivity contribution in [3.8, 4) is 0 Å².